The van der Waals surface area contributed by atoms with Crippen molar-refractivity contribution in [2.24, 2.45) is 0 Å². The molecule has 3 aromatic carbocycles. The third kappa shape index (κ3) is 5.30. The number of aliphatic hydroxyl groups excluding tert-OH is 1. The molecule has 6 nitrogen and oxygen atoms in total. The largest absolute Gasteiger partial charge is 0.507 e. The van der Waals surface area contributed by atoms with Crippen molar-refractivity contribution in [2.75, 3.05) is 4.90 Å². The average molecular weight is 514 g/mol. The first kappa shape index (κ1) is 27.0. The lowest BCUT2D eigenvalue weighted by atomic mass is 9.94. The highest BCUT2D eigenvalue weighted by atomic mass is 16.5. The molecule has 0 spiro atoms. The van der Waals surface area contributed by atoms with Gasteiger partial charge in [0.15, 0.2) is 0 Å². The molecular weight excluding hydrogens is 478 g/mol. The van der Waals surface area contributed by atoms with E-state index in [4.69, 9.17) is 9.47 Å². The van der Waals surface area contributed by atoms with Crippen molar-refractivity contribution in [1.29, 1.82) is 0 Å². The van der Waals surface area contributed by atoms with Gasteiger partial charge >= 0.3 is 0 Å². The van der Waals surface area contributed by atoms with Crippen LogP contribution in [-0.4, -0.2) is 29.0 Å². The van der Waals surface area contributed by atoms with Crippen LogP contribution in [0.1, 0.15) is 61.6 Å². The van der Waals surface area contributed by atoms with Crippen LogP contribution in [0.5, 0.6) is 11.5 Å². The number of aryl methyl sites for hydroxylation is 3. The minimum atomic E-state index is -0.834. The Balaban J connectivity index is 1.91. The molecule has 0 saturated carbocycles. The second-order valence-corrected chi connectivity index (χ2v) is 10.3. The fraction of sp³-hybridized carbons (Fsp3) is 0.312. The van der Waals surface area contributed by atoms with E-state index in [9.17, 15) is 14.7 Å². The van der Waals surface area contributed by atoms with E-state index in [1.165, 1.54) is 4.90 Å². The molecule has 4 rings (SSSR count). The van der Waals surface area contributed by atoms with Crippen LogP contribution in [-0.2, 0) is 9.59 Å². The number of hydrogen-bond donors (Lipinski definition) is 1. The van der Waals surface area contributed by atoms with Crippen molar-refractivity contribution < 1.29 is 24.2 Å². The van der Waals surface area contributed by atoms with E-state index in [-0.39, 0.29) is 23.5 Å². The molecule has 1 amide bonds. The van der Waals surface area contributed by atoms with Crippen LogP contribution in [0.4, 0.5) is 5.69 Å². The number of Topliss-reactive ketones (excluding diaryl/α,β-unsaturated/α-hetero) is 1. The number of anilines is 1. The molecule has 1 atom stereocenters. The summed E-state index contributed by atoms with van der Waals surface area (Å²) in [5, 5.41) is 11.5. The van der Waals surface area contributed by atoms with Crippen LogP contribution >= 0.6 is 0 Å². The molecule has 38 heavy (non-hydrogen) atoms. The van der Waals surface area contributed by atoms with Gasteiger partial charge in [-0.15, -0.1) is 0 Å². The number of aliphatic hydroxyl groups is 1. The number of ketones is 1. The van der Waals surface area contributed by atoms with Crippen LogP contribution < -0.4 is 14.4 Å². The Morgan fingerprint density at radius 3 is 2.16 bits per heavy atom. The first-order valence-electron chi connectivity index (χ1n) is 12.9. The van der Waals surface area contributed by atoms with Crippen LogP contribution in [0.3, 0.4) is 0 Å². The summed E-state index contributed by atoms with van der Waals surface area (Å²) >= 11 is 0. The Morgan fingerprint density at radius 2 is 1.53 bits per heavy atom. The summed E-state index contributed by atoms with van der Waals surface area (Å²) in [7, 11) is 0. The summed E-state index contributed by atoms with van der Waals surface area (Å²) < 4.78 is 11.7. The first-order valence-corrected chi connectivity index (χ1v) is 12.9. The van der Waals surface area contributed by atoms with Gasteiger partial charge in [0, 0.05) is 11.3 Å². The molecule has 198 valence electrons. The lowest BCUT2D eigenvalue weighted by Crippen LogP contribution is -2.29. The zero-order chi connectivity index (χ0) is 27.7. The summed E-state index contributed by atoms with van der Waals surface area (Å²) in [6.45, 7) is 13.6. The van der Waals surface area contributed by atoms with E-state index < -0.39 is 17.7 Å². The van der Waals surface area contributed by atoms with Gasteiger partial charge in [0.1, 0.15) is 17.3 Å². The number of amides is 1. The van der Waals surface area contributed by atoms with Gasteiger partial charge in [-0.25, -0.2) is 0 Å². The maximum atomic E-state index is 13.5. The molecule has 1 N–H and O–H groups in total. The number of carbonyl (C=O) groups is 2. The molecule has 1 saturated heterocycles. The van der Waals surface area contributed by atoms with Gasteiger partial charge < -0.3 is 14.6 Å². The molecule has 0 bridgehead atoms. The van der Waals surface area contributed by atoms with Crippen molar-refractivity contribution in [3.63, 3.8) is 0 Å². The SMILES string of the molecule is Cc1ccc(N2C(=O)C(=O)/C(=C(/O)c3ccc(OC(C)C)c(C)c3)C2c2cccc(OC(C)C)c2)cc1C. The van der Waals surface area contributed by atoms with Crippen LogP contribution in [0.2, 0.25) is 0 Å². The Hall–Kier alpha value is -4.06. The van der Waals surface area contributed by atoms with E-state index in [1.54, 1.807) is 18.2 Å². The molecule has 0 radical (unpaired) electrons. The number of ether oxygens (including phenoxy) is 2. The van der Waals surface area contributed by atoms with Gasteiger partial charge in [-0.2, -0.15) is 0 Å². The second-order valence-electron chi connectivity index (χ2n) is 10.3. The lowest BCUT2D eigenvalue weighted by molar-refractivity contribution is -0.132. The summed E-state index contributed by atoms with van der Waals surface area (Å²) in [4.78, 5) is 28.5. The normalized spacial score (nSPS) is 17.0. The van der Waals surface area contributed by atoms with Crippen molar-refractivity contribution in [2.45, 2.75) is 66.7 Å². The Kier molecular flexibility index (Phi) is 7.63. The van der Waals surface area contributed by atoms with Crippen molar-refractivity contribution >= 4 is 23.1 Å². The summed E-state index contributed by atoms with van der Waals surface area (Å²) in [5.41, 5.74) is 4.62. The molecule has 0 aliphatic carbocycles. The number of benzene rings is 3. The minimum absolute atomic E-state index is 0.00299. The van der Waals surface area contributed by atoms with Crippen molar-refractivity contribution in [3.8, 4) is 11.5 Å². The van der Waals surface area contributed by atoms with E-state index in [0.717, 1.165) is 16.7 Å². The quantitative estimate of drug-likeness (QED) is 0.213. The molecule has 1 fully saturated rings. The topological polar surface area (TPSA) is 76.1 Å². The van der Waals surface area contributed by atoms with E-state index in [0.29, 0.717) is 28.3 Å². The van der Waals surface area contributed by atoms with Crippen LogP contribution in [0.25, 0.3) is 5.76 Å². The fourth-order valence-corrected chi connectivity index (χ4v) is 4.66. The Bertz CT molecular complexity index is 1420. The predicted octanol–water partition coefficient (Wildman–Crippen LogP) is 6.81. The van der Waals surface area contributed by atoms with E-state index in [2.05, 4.69) is 0 Å². The fourth-order valence-electron chi connectivity index (χ4n) is 4.66. The van der Waals surface area contributed by atoms with Crippen LogP contribution in [0.15, 0.2) is 66.2 Å². The lowest BCUT2D eigenvalue weighted by Gasteiger charge is -2.26. The predicted molar refractivity (Wildman–Crippen MR) is 150 cm³/mol. The zero-order valence-electron chi connectivity index (χ0n) is 23.0. The molecule has 3 aromatic rings. The van der Waals surface area contributed by atoms with Gasteiger partial charge in [-0.05, 0) is 113 Å². The van der Waals surface area contributed by atoms with Gasteiger partial charge in [-0.3, -0.25) is 14.5 Å². The molecule has 1 heterocycles. The van der Waals surface area contributed by atoms with Crippen molar-refractivity contribution in [1.82, 2.24) is 0 Å². The number of nitrogens with zero attached hydrogens (tertiary/aromatic N) is 1. The maximum Gasteiger partial charge on any atom is 0.300 e. The van der Waals surface area contributed by atoms with Gasteiger partial charge in [-0.1, -0.05) is 18.2 Å². The summed E-state index contributed by atoms with van der Waals surface area (Å²) in [6.07, 6.45) is -0.0531. The first-order chi connectivity index (χ1) is 18.0. The third-order valence-corrected chi connectivity index (χ3v) is 6.57. The molecule has 0 aromatic heterocycles. The summed E-state index contributed by atoms with van der Waals surface area (Å²) in [5.74, 6) is -0.335. The Morgan fingerprint density at radius 1 is 0.816 bits per heavy atom. The Labute approximate surface area is 224 Å². The standard InChI is InChI=1S/C32H35NO5/c1-18(2)37-26-10-8-9-23(17-26)29-28(30(34)24-12-14-27(22(7)15-24)38-19(3)4)31(35)32(36)33(29)25-13-11-20(5)21(6)16-25/h8-19,29,34H,1-7H3/b30-28+. The highest BCUT2D eigenvalue weighted by Crippen LogP contribution is 2.43. The van der Waals surface area contributed by atoms with Crippen LogP contribution in [0, 0.1) is 20.8 Å². The smallest absolute Gasteiger partial charge is 0.300 e. The maximum absolute atomic E-state index is 13.5. The highest BCUT2D eigenvalue weighted by molar-refractivity contribution is 6.51. The number of carbonyl (C=O) groups excluding carboxylic acids is 2. The number of rotatable bonds is 7. The minimum Gasteiger partial charge on any atom is -0.507 e. The zero-order valence-corrected chi connectivity index (χ0v) is 23.0. The monoisotopic (exact) mass is 513 g/mol. The highest BCUT2D eigenvalue weighted by Gasteiger charge is 2.47. The third-order valence-electron chi connectivity index (χ3n) is 6.57. The molecule has 6 heteroatoms. The van der Waals surface area contributed by atoms with Crippen molar-refractivity contribution in [3.05, 3.63) is 94.1 Å². The molecule has 1 unspecified atom stereocenters. The van der Waals surface area contributed by atoms with Gasteiger partial charge in [0.2, 0.25) is 0 Å². The van der Waals surface area contributed by atoms with Gasteiger partial charge in [0.05, 0.1) is 23.8 Å². The summed E-state index contributed by atoms with van der Waals surface area (Å²) in [6, 6.07) is 17.4. The molecular formula is C32H35NO5. The molecule has 1 aliphatic heterocycles. The average Bonchev–Trinajstić information content (AvgIpc) is 3.11. The molecule has 1 aliphatic rings. The number of hydrogen-bond acceptors (Lipinski definition) is 5. The second kappa shape index (κ2) is 10.7. The van der Waals surface area contributed by atoms with Gasteiger partial charge in [0.25, 0.3) is 11.7 Å². The van der Waals surface area contributed by atoms with E-state index >= 15 is 0 Å². The van der Waals surface area contributed by atoms with E-state index in [1.807, 2.05) is 90.9 Å².